The quantitative estimate of drug-likeness (QED) is 0.860. The van der Waals surface area contributed by atoms with E-state index in [2.05, 4.69) is 20.9 Å². The number of nitrogens with zero attached hydrogens (tertiary/aromatic N) is 1. The van der Waals surface area contributed by atoms with Crippen molar-refractivity contribution in [2.24, 2.45) is 4.99 Å². The molecule has 0 saturated heterocycles. The van der Waals surface area contributed by atoms with Gasteiger partial charge in [0.1, 0.15) is 17.3 Å². The molecule has 1 aliphatic heterocycles. The number of halogens is 1. The van der Waals surface area contributed by atoms with E-state index in [1.54, 1.807) is 6.07 Å². The van der Waals surface area contributed by atoms with Gasteiger partial charge in [0, 0.05) is 6.20 Å². The largest absolute Gasteiger partial charge is 0.488 e. The first-order valence-electron chi connectivity index (χ1n) is 4.87. The second-order valence-corrected chi connectivity index (χ2v) is 6.78. The van der Waals surface area contributed by atoms with Crippen LogP contribution in [-0.4, -0.2) is 19.0 Å². The number of aliphatic imine (C=N–C) groups is 1. The molecule has 17 heavy (non-hydrogen) atoms. The fraction of sp³-hybridized carbons (Fsp3) is 0.182. The molecule has 1 aliphatic rings. The molecule has 0 aliphatic carbocycles. The molecule has 0 saturated carbocycles. The van der Waals surface area contributed by atoms with E-state index >= 15 is 0 Å². The van der Waals surface area contributed by atoms with Crippen molar-refractivity contribution in [3.63, 3.8) is 0 Å². The van der Waals surface area contributed by atoms with Gasteiger partial charge >= 0.3 is 0 Å². The summed E-state index contributed by atoms with van der Waals surface area (Å²) >= 11 is 2.89. The molecule has 0 spiro atoms. The Balaban J connectivity index is 2.07. The number of hydrogen-bond acceptors (Lipinski definition) is 4. The molecule has 0 atom stereocenters. The average molecular weight is 316 g/mol. The van der Waals surface area contributed by atoms with Crippen LogP contribution in [0.25, 0.3) is 0 Å². The van der Waals surface area contributed by atoms with Gasteiger partial charge in [0.25, 0.3) is 0 Å². The molecule has 0 aromatic heterocycles. The van der Waals surface area contributed by atoms with E-state index in [-0.39, 0.29) is 15.5 Å². The maximum Gasteiger partial charge on any atom is 0.231 e. The van der Waals surface area contributed by atoms with Gasteiger partial charge in [-0.1, -0.05) is 12.1 Å². The fourth-order valence-electron chi connectivity index (χ4n) is 1.34. The second-order valence-electron chi connectivity index (χ2n) is 3.59. The summed E-state index contributed by atoms with van der Waals surface area (Å²) in [7, 11) is -3.44. The number of rotatable bonds is 3. The van der Waals surface area contributed by atoms with Crippen molar-refractivity contribution in [1.29, 1.82) is 0 Å². The minimum absolute atomic E-state index is 0.00954. The summed E-state index contributed by atoms with van der Waals surface area (Å²) in [5, 5.41) is 0. The standard InChI is InChI=1S/C11H10BrNO3S/c1-8-3-2-4-9(5-8)16-7-10-6-13-11(12)17(10,14)15/h2-6H,7H2,1H3. The van der Waals surface area contributed by atoms with Crippen LogP contribution in [0, 0.1) is 6.92 Å². The summed E-state index contributed by atoms with van der Waals surface area (Å²) in [5.74, 6) is 0.643. The summed E-state index contributed by atoms with van der Waals surface area (Å²) in [6.07, 6.45) is 1.30. The zero-order valence-corrected chi connectivity index (χ0v) is 11.5. The summed E-state index contributed by atoms with van der Waals surface area (Å²) in [6, 6.07) is 7.43. The van der Waals surface area contributed by atoms with Crippen LogP contribution in [0.3, 0.4) is 0 Å². The number of benzene rings is 1. The zero-order valence-electron chi connectivity index (χ0n) is 9.05. The molecule has 6 heteroatoms. The Labute approximate surface area is 108 Å². The highest BCUT2D eigenvalue weighted by molar-refractivity contribution is 9.21. The molecule has 2 rings (SSSR count). The first-order chi connectivity index (χ1) is 8.00. The first kappa shape index (κ1) is 12.3. The summed E-state index contributed by atoms with van der Waals surface area (Å²) in [6.45, 7) is 1.93. The van der Waals surface area contributed by atoms with Gasteiger partial charge in [-0.05, 0) is 40.5 Å². The topological polar surface area (TPSA) is 55.7 Å². The Bertz CT molecular complexity index is 605. The van der Waals surface area contributed by atoms with Crippen LogP contribution in [-0.2, 0) is 9.84 Å². The van der Waals surface area contributed by atoms with Crippen molar-refractivity contribution in [1.82, 2.24) is 0 Å². The molecule has 1 heterocycles. The first-order valence-corrected chi connectivity index (χ1v) is 7.14. The molecule has 0 bridgehead atoms. The molecular formula is C11H10BrNO3S. The van der Waals surface area contributed by atoms with E-state index in [4.69, 9.17) is 4.74 Å². The minimum atomic E-state index is -3.44. The maximum absolute atomic E-state index is 11.7. The smallest absolute Gasteiger partial charge is 0.231 e. The molecule has 0 N–H and O–H groups in total. The Kier molecular flexibility index (Phi) is 3.35. The lowest BCUT2D eigenvalue weighted by Gasteiger charge is -2.07. The van der Waals surface area contributed by atoms with Gasteiger partial charge in [-0.2, -0.15) is 0 Å². The second kappa shape index (κ2) is 4.62. The van der Waals surface area contributed by atoms with E-state index in [1.807, 2.05) is 25.1 Å². The van der Waals surface area contributed by atoms with Gasteiger partial charge in [0.05, 0.1) is 0 Å². The lowest BCUT2D eigenvalue weighted by molar-refractivity contribution is 0.358. The van der Waals surface area contributed by atoms with Crippen molar-refractivity contribution in [3.05, 3.63) is 40.9 Å². The van der Waals surface area contributed by atoms with Gasteiger partial charge in [-0.3, -0.25) is 0 Å². The fourth-order valence-corrected chi connectivity index (χ4v) is 2.88. The Morgan fingerprint density at radius 3 is 2.76 bits per heavy atom. The predicted octanol–water partition coefficient (Wildman–Crippen LogP) is 2.39. The van der Waals surface area contributed by atoms with E-state index < -0.39 is 9.84 Å². The van der Waals surface area contributed by atoms with Crippen LogP contribution in [0.1, 0.15) is 5.56 Å². The van der Waals surface area contributed by atoms with Gasteiger partial charge in [0.15, 0.2) is 0 Å². The van der Waals surface area contributed by atoms with Crippen molar-refractivity contribution in [2.45, 2.75) is 6.92 Å². The van der Waals surface area contributed by atoms with E-state index in [1.165, 1.54) is 6.20 Å². The van der Waals surface area contributed by atoms with Gasteiger partial charge < -0.3 is 4.74 Å². The normalized spacial score (nSPS) is 17.5. The predicted molar refractivity (Wildman–Crippen MR) is 70.0 cm³/mol. The summed E-state index contributed by atoms with van der Waals surface area (Å²) in [5.41, 5.74) is 1.06. The van der Waals surface area contributed by atoms with Crippen LogP contribution < -0.4 is 4.74 Å². The lowest BCUT2D eigenvalue weighted by atomic mass is 10.2. The van der Waals surface area contributed by atoms with Crippen LogP contribution >= 0.6 is 15.9 Å². The number of hydrogen-bond donors (Lipinski definition) is 0. The van der Waals surface area contributed by atoms with Crippen molar-refractivity contribution in [3.8, 4) is 5.75 Å². The molecule has 1 aromatic rings. The third kappa shape index (κ3) is 2.58. The van der Waals surface area contributed by atoms with E-state index in [9.17, 15) is 8.42 Å². The van der Waals surface area contributed by atoms with Crippen LogP contribution in [0.5, 0.6) is 5.75 Å². The molecule has 0 amide bonds. The highest BCUT2D eigenvalue weighted by Gasteiger charge is 2.27. The summed E-state index contributed by atoms with van der Waals surface area (Å²) < 4.78 is 28.7. The van der Waals surface area contributed by atoms with Gasteiger partial charge in [0.2, 0.25) is 13.8 Å². The molecule has 90 valence electrons. The molecule has 0 radical (unpaired) electrons. The highest BCUT2D eigenvalue weighted by Crippen LogP contribution is 2.22. The minimum Gasteiger partial charge on any atom is -0.488 e. The van der Waals surface area contributed by atoms with Gasteiger partial charge in [-0.15, -0.1) is 0 Å². The van der Waals surface area contributed by atoms with Crippen molar-refractivity contribution in [2.75, 3.05) is 6.61 Å². The third-order valence-electron chi connectivity index (χ3n) is 2.25. The van der Waals surface area contributed by atoms with Gasteiger partial charge in [-0.25, -0.2) is 13.4 Å². The van der Waals surface area contributed by atoms with E-state index in [0.29, 0.717) is 5.75 Å². The van der Waals surface area contributed by atoms with Crippen molar-refractivity contribution < 1.29 is 13.2 Å². The highest BCUT2D eigenvalue weighted by atomic mass is 79.9. The zero-order chi connectivity index (χ0) is 12.5. The monoisotopic (exact) mass is 315 g/mol. The molecule has 4 nitrogen and oxygen atoms in total. The third-order valence-corrected chi connectivity index (χ3v) is 5.19. The number of ether oxygens (including phenoxy) is 1. The molecule has 0 unspecified atom stereocenters. The SMILES string of the molecule is Cc1cccc(OCC2=CN=C(Br)S2(=O)=O)c1. The lowest BCUT2D eigenvalue weighted by Crippen LogP contribution is -2.13. The maximum atomic E-state index is 11.7. The van der Waals surface area contributed by atoms with E-state index in [0.717, 1.165) is 5.56 Å². The Morgan fingerprint density at radius 1 is 1.41 bits per heavy atom. The molecular weight excluding hydrogens is 306 g/mol. The Morgan fingerprint density at radius 2 is 2.18 bits per heavy atom. The number of sulfone groups is 1. The molecule has 0 fully saturated rings. The average Bonchev–Trinajstić information content (AvgIpc) is 2.52. The van der Waals surface area contributed by atoms with Crippen LogP contribution in [0.15, 0.2) is 40.4 Å². The molecule has 1 aromatic carbocycles. The Hall–Kier alpha value is -1.14. The van der Waals surface area contributed by atoms with Crippen LogP contribution in [0.2, 0.25) is 0 Å². The number of aryl methyl sites for hydroxylation is 1. The van der Waals surface area contributed by atoms with Crippen molar-refractivity contribution >= 4 is 29.7 Å². The summed E-state index contributed by atoms with van der Waals surface area (Å²) in [4.78, 5) is 3.86. The van der Waals surface area contributed by atoms with Crippen LogP contribution in [0.4, 0.5) is 0 Å².